The quantitative estimate of drug-likeness (QED) is 0.288. The van der Waals surface area contributed by atoms with Gasteiger partial charge in [-0.2, -0.15) is 0 Å². The molecule has 8 nitrogen and oxygen atoms in total. The summed E-state index contributed by atoms with van der Waals surface area (Å²) in [5.41, 5.74) is 2.88. The van der Waals surface area contributed by atoms with Gasteiger partial charge in [0.1, 0.15) is 23.1 Å². The predicted octanol–water partition coefficient (Wildman–Crippen LogP) is 5.71. The second-order valence-corrected chi connectivity index (χ2v) is 9.10. The zero-order valence-electron chi connectivity index (χ0n) is 20.3. The van der Waals surface area contributed by atoms with Gasteiger partial charge in [-0.1, -0.05) is 31.6 Å². The molecule has 1 aliphatic carbocycles. The van der Waals surface area contributed by atoms with Crippen LogP contribution in [0.2, 0.25) is 0 Å². The molecule has 2 aliphatic rings. The molecule has 0 bridgehead atoms. The van der Waals surface area contributed by atoms with Gasteiger partial charge in [-0.15, -0.1) is 0 Å². The van der Waals surface area contributed by atoms with Crippen LogP contribution in [0, 0.1) is 11.2 Å². The number of morpholine rings is 1. The zero-order valence-corrected chi connectivity index (χ0v) is 20.3. The first-order chi connectivity index (χ1) is 17.6. The number of ether oxygens (including phenoxy) is 1. The lowest BCUT2D eigenvalue weighted by Crippen LogP contribution is -2.36. The molecule has 4 N–H and O–H groups in total. The topological polar surface area (TPSA) is 90.2 Å². The highest BCUT2D eigenvalue weighted by Crippen LogP contribution is 2.37. The molecule has 1 saturated carbocycles. The minimum absolute atomic E-state index is 0.198. The van der Waals surface area contributed by atoms with Crippen molar-refractivity contribution in [1.29, 1.82) is 5.41 Å². The van der Waals surface area contributed by atoms with Crippen molar-refractivity contribution in [1.82, 2.24) is 9.55 Å². The first-order valence-electron chi connectivity index (χ1n) is 12.4. The summed E-state index contributed by atoms with van der Waals surface area (Å²) in [4.78, 5) is 6.93. The number of hydrogen-bond acceptors (Lipinski definition) is 7. The monoisotopic (exact) mass is 489 g/mol. The molecule has 5 rings (SSSR count). The van der Waals surface area contributed by atoms with Crippen LogP contribution in [0.1, 0.15) is 37.4 Å². The second-order valence-electron chi connectivity index (χ2n) is 9.10. The van der Waals surface area contributed by atoms with Crippen molar-refractivity contribution in [2.24, 2.45) is 0 Å². The largest absolute Gasteiger partial charge is 0.378 e. The molecule has 3 aromatic rings. The van der Waals surface area contributed by atoms with E-state index in [4.69, 9.17) is 10.1 Å². The van der Waals surface area contributed by atoms with E-state index in [2.05, 4.69) is 44.5 Å². The molecular weight excluding hydrogens is 457 g/mol. The first-order valence-corrected chi connectivity index (χ1v) is 12.4. The van der Waals surface area contributed by atoms with Crippen molar-refractivity contribution in [3.05, 3.63) is 72.4 Å². The number of rotatable bonds is 9. The summed E-state index contributed by atoms with van der Waals surface area (Å²) in [5, 5.41) is 17.8. The van der Waals surface area contributed by atoms with Crippen LogP contribution in [0.25, 0.3) is 0 Å². The third-order valence-electron chi connectivity index (χ3n) is 6.69. The number of anilines is 5. The summed E-state index contributed by atoms with van der Waals surface area (Å²) in [5.74, 6) is 1.39. The fourth-order valence-electron chi connectivity index (χ4n) is 4.89. The molecule has 2 heterocycles. The van der Waals surface area contributed by atoms with E-state index in [1.165, 1.54) is 12.3 Å². The van der Waals surface area contributed by atoms with Crippen LogP contribution in [0.3, 0.4) is 0 Å². The smallest absolute Gasteiger partial charge is 0.209 e. The van der Waals surface area contributed by atoms with Crippen molar-refractivity contribution in [3.8, 4) is 0 Å². The molecule has 188 valence electrons. The lowest BCUT2D eigenvalue weighted by Gasteiger charge is -2.29. The normalized spacial score (nSPS) is 16.1. The Morgan fingerprint density at radius 2 is 1.78 bits per heavy atom. The van der Waals surface area contributed by atoms with Crippen LogP contribution in [0.15, 0.2) is 60.9 Å². The van der Waals surface area contributed by atoms with E-state index in [9.17, 15) is 4.39 Å². The molecule has 2 aromatic carbocycles. The molecule has 36 heavy (non-hydrogen) atoms. The number of aromatic nitrogens is 2. The lowest BCUT2D eigenvalue weighted by atomic mass is 10.2. The Labute approximate surface area is 210 Å². The van der Waals surface area contributed by atoms with Crippen LogP contribution >= 0.6 is 0 Å². The number of para-hydroxylation sites is 1. The maximum Gasteiger partial charge on any atom is 0.209 e. The van der Waals surface area contributed by atoms with Crippen LogP contribution in [0.4, 0.5) is 33.2 Å². The SMILES string of the molecule is C=C(Nc1ccc(N2CCOCC2)cc1)Nc1c(C=N)nc(Nc2ccccc2F)n1C1CCCC1. The van der Waals surface area contributed by atoms with Crippen molar-refractivity contribution < 1.29 is 9.13 Å². The molecule has 1 aliphatic heterocycles. The van der Waals surface area contributed by atoms with E-state index in [0.717, 1.165) is 63.4 Å². The van der Waals surface area contributed by atoms with Crippen molar-refractivity contribution >= 4 is 35.0 Å². The number of hydrogen-bond donors (Lipinski definition) is 4. The highest BCUT2D eigenvalue weighted by molar-refractivity contribution is 5.84. The van der Waals surface area contributed by atoms with Gasteiger partial charge in [-0.25, -0.2) is 9.37 Å². The summed E-state index contributed by atoms with van der Waals surface area (Å²) in [6, 6.07) is 14.9. The van der Waals surface area contributed by atoms with Gasteiger partial charge >= 0.3 is 0 Å². The number of halogens is 1. The lowest BCUT2D eigenvalue weighted by molar-refractivity contribution is 0.122. The van der Waals surface area contributed by atoms with Gasteiger partial charge in [-0.3, -0.25) is 4.57 Å². The van der Waals surface area contributed by atoms with E-state index < -0.39 is 0 Å². The summed E-state index contributed by atoms with van der Waals surface area (Å²) in [7, 11) is 0. The number of nitrogens with one attached hydrogen (secondary N) is 4. The Hall–Kier alpha value is -3.85. The number of nitrogens with zero attached hydrogens (tertiary/aromatic N) is 3. The summed E-state index contributed by atoms with van der Waals surface area (Å²) in [6.07, 6.45) is 5.45. The zero-order chi connectivity index (χ0) is 24.9. The fourth-order valence-corrected chi connectivity index (χ4v) is 4.89. The van der Waals surface area contributed by atoms with Gasteiger partial charge in [0.05, 0.1) is 18.9 Å². The van der Waals surface area contributed by atoms with Gasteiger partial charge in [-0.05, 0) is 49.2 Å². The third kappa shape index (κ3) is 5.21. The van der Waals surface area contributed by atoms with E-state index >= 15 is 0 Å². The summed E-state index contributed by atoms with van der Waals surface area (Å²) >= 11 is 0. The van der Waals surface area contributed by atoms with Gasteiger partial charge in [0.25, 0.3) is 0 Å². The standard InChI is InChI=1S/C27H32FN7O/c1-19(30-20-10-12-21(13-11-20)34-14-16-36-17-15-34)31-26-25(18-29)33-27(35(26)22-6-2-3-7-22)32-24-9-5-4-8-23(24)28/h4-5,8-13,18,22,29-31H,1-3,6-7,14-17H2,(H,32,33). The van der Waals surface area contributed by atoms with Crippen LogP contribution in [0.5, 0.6) is 0 Å². The number of imidazole rings is 1. The molecule has 0 atom stereocenters. The van der Waals surface area contributed by atoms with Crippen molar-refractivity contribution in [3.63, 3.8) is 0 Å². The molecule has 0 unspecified atom stereocenters. The fraction of sp³-hybridized carbons (Fsp3) is 0.333. The molecule has 0 spiro atoms. The molecular formula is C27H32FN7O. The Balaban J connectivity index is 1.36. The highest BCUT2D eigenvalue weighted by Gasteiger charge is 2.26. The van der Waals surface area contributed by atoms with Crippen molar-refractivity contribution in [2.75, 3.05) is 47.2 Å². The van der Waals surface area contributed by atoms with Gasteiger partial charge in [0.2, 0.25) is 5.95 Å². The first kappa shape index (κ1) is 23.9. The molecule has 0 amide bonds. The molecule has 1 saturated heterocycles. The molecule has 0 radical (unpaired) electrons. The van der Waals surface area contributed by atoms with E-state index in [1.807, 2.05) is 16.7 Å². The van der Waals surface area contributed by atoms with E-state index in [0.29, 0.717) is 29.0 Å². The third-order valence-corrected chi connectivity index (χ3v) is 6.69. The van der Waals surface area contributed by atoms with Crippen LogP contribution in [-0.4, -0.2) is 42.1 Å². The molecule has 2 fully saturated rings. The van der Waals surface area contributed by atoms with E-state index in [-0.39, 0.29) is 11.9 Å². The maximum absolute atomic E-state index is 14.4. The average Bonchev–Trinajstić information content (AvgIpc) is 3.54. The number of benzene rings is 2. The Morgan fingerprint density at radius 1 is 1.06 bits per heavy atom. The van der Waals surface area contributed by atoms with E-state index in [1.54, 1.807) is 18.2 Å². The summed E-state index contributed by atoms with van der Waals surface area (Å²) < 4.78 is 21.9. The Kier molecular flexibility index (Phi) is 7.18. The minimum atomic E-state index is -0.351. The Bertz CT molecular complexity index is 1210. The van der Waals surface area contributed by atoms with Crippen LogP contribution in [-0.2, 0) is 4.74 Å². The van der Waals surface area contributed by atoms with Gasteiger partial charge < -0.3 is 31.0 Å². The van der Waals surface area contributed by atoms with Gasteiger partial charge in [0.15, 0.2) is 0 Å². The summed E-state index contributed by atoms with van der Waals surface area (Å²) in [6.45, 7) is 7.44. The average molecular weight is 490 g/mol. The van der Waals surface area contributed by atoms with Crippen molar-refractivity contribution in [2.45, 2.75) is 31.7 Å². The minimum Gasteiger partial charge on any atom is -0.378 e. The highest BCUT2D eigenvalue weighted by atomic mass is 19.1. The Morgan fingerprint density at radius 3 is 2.47 bits per heavy atom. The maximum atomic E-state index is 14.4. The second kappa shape index (κ2) is 10.8. The van der Waals surface area contributed by atoms with Gasteiger partial charge in [0, 0.05) is 36.7 Å². The van der Waals surface area contributed by atoms with Crippen LogP contribution < -0.4 is 20.9 Å². The molecule has 9 heteroatoms. The molecule has 1 aromatic heterocycles. The predicted molar refractivity (Wildman–Crippen MR) is 143 cm³/mol.